The van der Waals surface area contributed by atoms with Crippen LogP contribution in [0.1, 0.15) is 57.2 Å². The molecule has 1 aliphatic heterocycles. The Kier molecular flexibility index (Phi) is 4.32. The second-order valence-electron chi connectivity index (χ2n) is 6.13. The van der Waals surface area contributed by atoms with E-state index in [2.05, 4.69) is 27.1 Å². The van der Waals surface area contributed by atoms with Gasteiger partial charge in [-0.2, -0.15) is 0 Å². The number of rotatable bonds is 5. The number of hydrogen-bond acceptors (Lipinski definition) is 4. The van der Waals surface area contributed by atoms with E-state index in [1.807, 2.05) is 12.4 Å². The summed E-state index contributed by atoms with van der Waals surface area (Å²) in [5.74, 6) is 0. The molecule has 0 aromatic carbocycles. The Bertz CT molecular complexity index is 408. The molecule has 0 spiro atoms. The summed E-state index contributed by atoms with van der Waals surface area (Å²) in [7, 11) is 0. The minimum absolute atomic E-state index is 0.266. The van der Waals surface area contributed by atoms with Gasteiger partial charge in [0.2, 0.25) is 0 Å². The summed E-state index contributed by atoms with van der Waals surface area (Å²) in [6.45, 7) is 5.68. The second-order valence-corrected chi connectivity index (χ2v) is 6.13. The van der Waals surface area contributed by atoms with Crippen LogP contribution >= 0.6 is 0 Å². The maximum absolute atomic E-state index is 4.61. The minimum atomic E-state index is 0.266. The van der Waals surface area contributed by atoms with Crippen LogP contribution in [0.5, 0.6) is 0 Å². The van der Waals surface area contributed by atoms with Crippen molar-refractivity contribution in [2.45, 2.75) is 57.0 Å². The Morgan fingerprint density at radius 2 is 1.95 bits per heavy atom. The van der Waals surface area contributed by atoms with Gasteiger partial charge in [-0.1, -0.05) is 19.8 Å². The lowest BCUT2D eigenvalue weighted by Gasteiger charge is -2.45. The van der Waals surface area contributed by atoms with Gasteiger partial charge in [0.1, 0.15) is 0 Å². The molecule has 0 bridgehead atoms. The number of aromatic nitrogens is 2. The van der Waals surface area contributed by atoms with Gasteiger partial charge in [-0.15, -0.1) is 0 Å². The highest BCUT2D eigenvalue weighted by molar-refractivity contribution is 5.15. The molecule has 0 amide bonds. The zero-order valence-corrected chi connectivity index (χ0v) is 12.5. The third-order valence-corrected chi connectivity index (χ3v) is 5.03. The third kappa shape index (κ3) is 2.47. The molecule has 2 heterocycles. The van der Waals surface area contributed by atoms with Gasteiger partial charge in [-0.25, -0.2) is 0 Å². The minimum Gasteiger partial charge on any atom is -0.307 e. The quantitative estimate of drug-likeness (QED) is 0.896. The Hall–Kier alpha value is -1.00. The maximum Gasteiger partial charge on any atom is 0.0775 e. The molecular formula is C16H26N4. The zero-order valence-electron chi connectivity index (χ0n) is 12.5. The normalized spacial score (nSPS) is 24.1. The van der Waals surface area contributed by atoms with Crippen molar-refractivity contribution in [3.63, 3.8) is 0 Å². The summed E-state index contributed by atoms with van der Waals surface area (Å²) in [5.41, 5.74) is 1.38. The molecule has 1 atom stereocenters. The maximum atomic E-state index is 4.61. The van der Waals surface area contributed by atoms with Crippen molar-refractivity contribution >= 4 is 0 Å². The summed E-state index contributed by atoms with van der Waals surface area (Å²) in [4.78, 5) is 11.6. The van der Waals surface area contributed by atoms with Gasteiger partial charge in [0, 0.05) is 17.9 Å². The van der Waals surface area contributed by atoms with Crippen molar-refractivity contribution in [2.24, 2.45) is 0 Å². The van der Waals surface area contributed by atoms with Crippen LogP contribution in [0.15, 0.2) is 18.6 Å². The van der Waals surface area contributed by atoms with Crippen molar-refractivity contribution in [1.82, 2.24) is 20.2 Å². The van der Waals surface area contributed by atoms with E-state index in [1.54, 1.807) is 6.20 Å². The molecule has 1 aliphatic carbocycles. The molecular weight excluding hydrogens is 248 g/mol. The molecule has 1 unspecified atom stereocenters. The van der Waals surface area contributed by atoms with Crippen molar-refractivity contribution in [3.8, 4) is 0 Å². The van der Waals surface area contributed by atoms with Gasteiger partial charge in [-0.3, -0.25) is 14.9 Å². The van der Waals surface area contributed by atoms with E-state index in [4.69, 9.17) is 0 Å². The largest absolute Gasteiger partial charge is 0.307 e. The van der Waals surface area contributed by atoms with Gasteiger partial charge >= 0.3 is 0 Å². The van der Waals surface area contributed by atoms with E-state index in [-0.39, 0.29) is 5.54 Å². The number of hydrogen-bond donors (Lipinski definition) is 1. The molecule has 110 valence electrons. The van der Waals surface area contributed by atoms with Crippen LogP contribution in [0.4, 0.5) is 0 Å². The van der Waals surface area contributed by atoms with Gasteiger partial charge in [-0.05, 0) is 45.3 Å². The van der Waals surface area contributed by atoms with Gasteiger partial charge < -0.3 is 5.32 Å². The lowest BCUT2D eigenvalue weighted by Crippen LogP contribution is -2.54. The molecule has 2 aliphatic rings. The molecule has 1 N–H and O–H groups in total. The smallest absolute Gasteiger partial charge is 0.0775 e. The van der Waals surface area contributed by atoms with Crippen LogP contribution in [-0.2, 0) is 0 Å². The first kappa shape index (κ1) is 14.0. The highest BCUT2D eigenvalue weighted by Crippen LogP contribution is 2.45. The van der Waals surface area contributed by atoms with Gasteiger partial charge in [0.25, 0.3) is 0 Å². The fraction of sp³-hybridized carbons (Fsp3) is 0.750. The first-order valence-electron chi connectivity index (χ1n) is 8.11. The summed E-state index contributed by atoms with van der Waals surface area (Å²) in [6.07, 6.45) is 13.5. The summed E-state index contributed by atoms with van der Waals surface area (Å²) >= 11 is 0. The number of nitrogens with one attached hydrogen (secondary N) is 1. The Morgan fingerprint density at radius 1 is 1.20 bits per heavy atom. The highest BCUT2D eigenvalue weighted by atomic mass is 15.3. The fourth-order valence-electron chi connectivity index (χ4n) is 4.17. The van der Waals surface area contributed by atoms with Crippen molar-refractivity contribution in [2.75, 3.05) is 19.6 Å². The van der Waals surface area contributed by atoms with Crippen molar-refractivity contribution in [1.29, 1.82) is 0 Å². The zero-order chi connectivity index (χ0) is 13.8. The third-order valence-electron chi connectivity index (χ3n) is 5.03. The topological polar surface area (TPSA) is 41.1 Å². The van der Waals surface area contributed by atoms with E-state index in [0.29, 0.717) is 6.04 Å². The average Bonchev–Trinajstić information content (AvgIpc) is 3.17. The fourth-order valence-corrected chi connectivity index (χ4v) is 4.17. The molecule has 2 fully saturated rings. The van der Waals surface area contributed by atoms with Crippen LogP contribution in [-0.4, -0.2) is 40.0 Å². The summed E-state index contributed by atoms with van der Waals surface area (Å²) in [5, 5.41) is 3.71. The van der Waals surface area contributed by atoms with Gasteiger partial charge in [0.15, 0.2) is 0 Å². The van der Waals surface area contributed by atoms with Crippen LogP contribution < -0.4 is 5.32 Å². The van der Waals surface area contributed by atoms with Crippen LogP contribution in [0, 0.1) is 0 Å². The molecule has 4 heteroatoms. The predicted octanol–water partition coefficient (Wildman–Crippen LogP) is 2.54. The molecule has 20 heavy (non-hydrogen) atoms. The molecule has 0 radical (unpaired) electrons. The van der Waals surface area contributed by atoms with E-state index in [0.717, 1.165) is 12.2 Å². The monoisotopic (exact) mass is 274 g/mol. The lowest BCUT2D eigenvalue weighted by atomic mass is 9.84. The highest BCUT2D eigenvalue weighted by Gasteiger charge is 2.47. The summed E-state index contributed by atoms with van der Waals surface area (Å²) < 4.78 is 0. The number of likely N-dealkylation sites (N-methyl/N-ethyl adjacent to an activating group) is 1. The molecule has 1 aromatic rings. The Labute approximate surface area is 122 Å². The van der Waals surface area contributed by atoms with Gasteiger partial charge in [0.05, 0.1) is 17.9 Å². The molecule has 1 saturated heterocycles. The van der Waals surface area contributed by atoms with Crippen molar-refractivity contribution < 1.29 is 0 Å². The predicted molar refractivity (Wildman–Crippen MR) is 80.5 cm³/mol. The van der Waals surface area contributed by atoms with E-state index < -0.39 is 0 Å². The second kappa shape index (κ2) is 6.19. The summed E-state index contributed by atoms with van der Waals surface area (Å²) in [6, 6.07) is 0.321. The standard InChI is InChI=1S/C16H26N4/c1-2-18-15(14-13-17-9-10-19-14)16(7-3-4-8-16)20-11-5-6-12-20/h9-10,13,15,18H,2-8,11-12H2,1H3. The number of nitrogens with zero attached hydrogens (tertiary/aromatic N) is 3. The van der Waals surface area contributed by atoms with Crippen LogP contribution in [0.3, 0.4) is 0 Å². The number of likely N-dealkylation sites (tertiary alicyclic amines) is 1. The first-order valence-corrected chi connectivity index (χ1v) is 8.11. The van der Waals surface area contributed by atoms with Crippen molar-refractivity contribution in [3.05, 3.63) is 24.3 Å². The average molecular weight is 274 g/mol. The van der Waals surface area contributed by atoms with Crippen LogP contribution in [0.2, 0.25) is 0 Å². The lowest BCUT2D eigenvalue weighted by molar-refractivity contribution is 0.0752. The molecule has 4 nitrogen and oxygen atoms in total. The van der Waals surface area contributed by atoms with E-state index in [9.17, 15) is 0 Å². The molecule has 1 aromatic heterocycles. The molecule has 3 rings (SSSR count). The van der Waals surface area contributed by atoms with E-state index >= 15 is 0 Å². The first-order chi connectivity index (χ1) is 9.87. The Morgan fingerprint density at radius 3 is 2.55 bits per heavy atom. The van der Waals surface area contributed by atoms with E-state index in [1.165, 1.54) is 51.6 Å². The Balaban J connectivity index is 1.93. The SMILES string of the molecule is CCNC(c1cnccn1)C1(N2CCCC2)CCCC1. The van der Waals surface area contributed by atoms with Crippen LogP contribution in [0.25, 0.3) is 0 Å². The molecule has 1 saturated carbocycles.